The minimum atomic E-state index is 0.434. The van der Waals surface area contributed by atoms with Crippen LogP contribution in [0.4, 0.5) is 0 Å². The highest BCUT2D eigenvalue weighted by Crippen LogP contribution is 2.29. The lowest BCUT2D eigenvalue weighted by Crippen LogP contribution is -2.44. The molecular formula is C10H19N. The molecule has 1 aliphatic rings. The molecular weight excluding hydrogens is 134 g/mol. The van der Waals surface area contributed by atoms with Gasteiger partial charge in [0.05, 0.1) is 0 Å². The molecule has 0 radical (unpaired) electrons. The Morgan fingerprint density at radius 2 is 1.64 bits per heavy atom. The van der Waals surface area contributed by atoms with Crippen LogP contribution in [0.3, 0.4) is 0 Å². The normalized spacial score (nSPS) is 21.5. The van der Waals surface area contributed by atoms with Gasteiger partial charge < -0.3 is 0 Å². The molecule has 1 aliphatic carbocycles. The van der Waals surface area contributed by atoms with Gasteiger partial charge in [-0.15, -0.1) is 0 Å². The van der Waals surface area contributed by atoms with Crippen LogP contribution in [0.15, 0.2) is 12.2 Å². The summed E-state index contributed by atoms with van der Waals surface area (Å²) in [7, 11) is 0. The highest BCUT2D eigenvalue weighted by atomic mass is 15.2. The summed E-state index contributed by atoms with van der Waals surface area (Å²) in [5.41, 5.74) is 0.434. The monoisotopic (exact) mass is 153 g/mol. The first-order valence-corrected chi connectivity index (χ1v) is 4.63. The third-order valence-corrected chi connectivity index (χ3v) is 2.81. The van der Waals surface area contributed by atoms with Crippen molar-refractivity contribution in [3.8, 4) is 0 Å². The lowest BCUT2D eigenvalue weighted by Gasteiger charge is -2.37. The summed E-state index contributed by atoms with van der Waals surface area (Å²) < 4.78 is 0. The summed E-state index contributed by atoms with van der Waals surface area (Å²) in [4.78, 5) is 2.55. The highest BCUT2D eigenvalue weighted by molar-refractivity contribution is 5.06. The second-order valence-electron chi connectivity index (χ2n) is 3.55. The van der Waals surface area contributed by atoms with E-state index < -0.39 is 0 Å². The Hall–Kier alpha value is -0.300. The van der Waals surface area contributed by atoms with Gasteiger partial charge in [-0.1, -0.05) is 26.0 Å². The Balaban J connectivity index is 2.55. The van der Waals surface area contributed by atoms with Gasteiger partial charge in [0.1, 0.15) is 0 Å². The van der Waals surface area contributed by atoms with Crippen LogP contribution < -0.4 is 0 Å². The smallest absolute Gasteiger partial charge is 0.0249 e. The molecule has 11 heavy (non-hydrogen) atoms. The van der Waals surface area contributed by atoms with E-state index in [4.69, 9.17) is 0 Å². The molecule has 0 saturated heterocycles. The summed E-state index contributed by atoms with van der Waals surface area (Å²) in [6, 6.07) is 0. The quantitative estimate of drug-likeness (QED) is 0.563. The standard InChI is InChI=1S/C10H19N/c1-4-11(5-2)10(3)8-6-7-9-10/h6-7H,4-5,8-9H2,1-3H3. The lowest BCUT2D eigenvalue weighted by atomic mass is 9.97. The zero-order valence-electron chi connectivity index (χ0n) is 7.93. The average molecular weight is 153 g/mol. The first kappa shape index (κ1) is 8.79. The maximum atomic E-state index is 2.55. The van der Waals surface area contributed by atoms with Gasteiger partial charge in [-0.3, -0.25) is 4.90 Å². The van der Waals surface area contributed by atoms with E-state index in [1.54, 1.807) is 0 Å². The third kappa shape index (κ3) is 1.64. The van der Waals surface area contributed by atoms with Crippen molar-refractivity contribution in [3.63, 3.8) is 0 Å². The molecule has 1 rings (SSSR count). The van der Waals surface area contributed by atoms with Crippen LogP contribution in [0.2, 0.25) is 0 Å². The van der Waals surface area contributed by atoms with E-state index in [9.17, 15) is 0 Å². The molecule has 1 nitrogen and oxygen atoms in total. The van der Waals surface area contributed by atoms with Crippen LogP contribution >= 0.6 is 0 Å². The summed E-state index contributed by atoms with van der Waals surface area (Å²) in [6.07, 6.45) is 7.07. The molecule has 0 atom stereocenters. The predicted molar refractivity (Wildman–Crippen MR) is 49.7 cm³/mol. The number of hydrogen-bond donors (Lipinski definition) is 0. The van der Waals surface area contributed by atoms with E-state index in [1.807, 2.05) is 0 Å². The van der Waals surface area contributed by atoms with Gasteiger partial charge in [0.25, 0.3) is 0 Å². The summed E-state index contributed by atoms with van der Waals surface area (Å²) in [5, 5.41) is 0. The van der Waals surface area contributed by atoms with E-state index in [1.165, 1.54) is 25.9 Å². The molecule has 0 aliphatic heterocycles. The van der Waals surface area contributed by atoms with E-state index in [2.05, 4.69) is 37.8 Å². The van der Waals surface area contributed by atoms with Gasteiger partial charge in [-0.05, 0) is 32.9 Å². The second kappa shape index (κ2) is 3.40. The van der Waals surface area contributed by atoms with Crippen molar-refractivity contribution in [2.75, 3.05) is 13.1 Å². The molecule has 0 bridgehead atoms. The van der Waals surface area contributed by atoms with E-state index in [0.717, 1.165) is 0 Å². The topological polar surface area (TPSA) is 3.24 Å². The van der Waals surface area contributed by atoms with Crippen molar-refractivity contribution < 1.29 is 0 Å². The molecule has 0 saturated carbocycles. The molecule has 0 fully saturated rings. The molecule has 0 N–H and O–H groups in total. The molecule has 0 unspecified atom stereocenters. The van der Waals surface area contributed by atoms with E-state index in [-0.39, 0.29) is 0 Å². The highest BCUT2D eigenvalue weighted by Gasteiger charge is 2.29. The van der Waals surface area contributed by atoms with E-state index >= 15 is 0 Å². The van der Waals surface area contributed by atoms with Gasteiger partial charge in [-0.2, -0.15) is 0 Å². The zero-order chi connectivity index (χ0) is 8.32. The Kier molecular flexibility index (Phi) is 2.72. The van der Waals surface area contributed by atoms with Gasteiger partial charge in [0.15, 0.2) is 0 Å². The molecule has 1 heteroatoms. The van der Waals surface area contributed by atoms with Crippen molar-refractivity contribution in [2.24, 2.45) is 0 Å². The summed E-state index contributed by atoms with van der Waals surface area (Å²) >= 11 is 0. The Labute approximate surface area is 70.1 Å². The van der Waals surface area contributed by atoms with Crippen molar-refractivity contribution in [3.05, 3.63) is 12.2 Å². The van der Waals surface area contributed by atoms with Crippen molar-refractivity contribution in [1.29, 1.82) is 0 Å². The third-order valence-electron chi connectivity index (χ3n) is 2.81. The molecule has 64 valence electrons. The van der Waals surface area contributed by atoms with Crippen LogP contribution in [-0.4, -0.2) is 23.5 Å². The maximum Gasteiger partial charge on any atom is 0.0249 e. The molecule has 0 aromatic heterocycles. The molecule has 0 amide bonds. The Bertz CT molecular complexity index is 137. The minimum Gasteiger partial charge on any atom is -0.298 e. The van der Waals surface area contributed by atoms with Crippen LogP contribution in [0.25, 0.3) is 0 Å². The summed E-state index contributed by atoms with van der Waals surface area (Å²) in [6.45, 7) is 9.20. The average Bonchev–Trinajstić information content (AvgIpc) is 2.39. The zero-order valence-corrected chi connectivity index (χ0v) is 7.93. The number of rotatable bonds is 3. The number of hydrogen-bond acceptors (Lipinski definition) is 1. The number of nitrogens with zero attached hydrogens (tertiary/aromatic N) is 1. The Morgan fingerprint density at radius 3 is 2.00 bits per heavy atom. The fourth-order valence-electron chi connectivity index (χ4n) is 2.00. The lowest BCUT2D eigenvalue weighted by molar-refractivity contribution is 0.129. The van der Waals surface area contributed by atoms with Crippen molar-refractivity contribution >= 4 is 0 Å². The van der Waals surface area contributed by atoms with Crippen molar-refractivity contribution in [2.45, 2.75) is 39.2 Å². The van der Waals surface area contributed by atoms with Gasteiger partial charge >= 0.3 is 0 Å². The largest absolute Gasteiger partial charge is 0.298 e. The first-order chi connectivity index (χ1) is 5.23. The fourth-order valence-corrected chi connectivity index (χ4v) is 2.00. The van der Waals surface area contributed by atoms with Gasteiger partial charge in [0.2, 0.25) is 0 Å². The second-order valence-corrected chi connectivity index (χ2v) is 3.55. The molecule has 0 heterocycles. The predicted octanol–water partition coefficient (Wildman–Crippen LogP) is 2.44. The van der Waals surface area contributed by atoms with Crippen LogP contribution in [0, 0.1) is 0 Å². The van der Waals surface area contributed by atoms with Crippen LogP contribution in [-0.2, 0) is 0 Å². The minimum absolute atomic E-state index is 0.434. The molecule has 0 aromatic rings. The Morgan fingerprint density at radius 1 is 1.18 bits per heavy atom. The van der Waals surface area contributed by atoms with E-state index in [0.29, 0.717) is 5.54 Å². The maximum absolute atomic E-state index is 2.55. The SMILES string of the molecule is CCN(CC)C1(C)CC=CC1. The van der Waals surface area contributed by atoms with Gasteiger partial charge in [-0.25, -0.2) is 0 Å². The first-order valence-electron chi connectivity index (χ1n) is 4.63. The molecule has 0 aromatic carbocycles. The fraction of sp³-hybridized carbons (Fsp3) is 0.800. The summed E-state index contributed by atoms with van der Waals surface area (Å²) in [5.74, 6) is 0. The van der Waals surface area contributed by atoms with Crippen LogP contribution in [0.5, 0.6) is 0 Å². The van der Waals surface area contributed by atoms with Gasteiger partial charge in [0, 0.05) is 5.54 Å². The van der Waals surface area contributed by atoms with Crippen LogP contribution in [0.1, 0.15) is 33.6 Å². The molecule has 0 spiro atoms. The van der Waals surface area contributed by atoms with Crippen molar-refractivity contribution in [1.82, 2.24) is 4.90 Å².